The fourth-order valence-corrected chi connectivity index (χ4v) is 4.07. The number of hydrogen-bond donors (Lipinski definition) is 1. The molecule has 2 N–H and O–H groups in total. The summed E-state index contributed by atoms with van der Waals surface area (Å²) in [6.07, 6.45) is 3.67. The summed E-state index contributed by atoms with van der Waals surface area (Å²) in [5.41, 5.74) is 10.9. The average Bonchev–Trinajstić information content (AvgIpc) is 3.45. The Kier molecular flexibility index (Phi) is 4.50. The van der Waals surface area contributed by atoms with E-state index < -0.39 is 10.0 Å². The van der Waals surface area contributed by atoms with E-state index in [9.17, 15) is 8.42 Å². The lowest BCUT2D eigenvalue weighted by Gasteiger charge is -2.17. The van der Waals surface area contributed by atoms with E-state index in [0.717, 1.165) is 40.1 Å². The fraction of sp³-hybridized carbons (Fsp3) is 0.333. The summed E-state index contributed by atoms with van der Waals surface area (Å²) < 4.78 is 32.5. The Labute approximate surface area is 165 Å². The third-order valence-electron chi connectivity index (χ3n) is 5.45. The van der Waals surface area contributed by atoms with Crippen molar-refractivity contribution < 1.29 is 13.2 Å². The molecule has 1 fully saturated rings. The normalized spacial score (nSPS) is 14.4. The monoisotopic (exact) mass is 399 g/mol. The zero-order chi connectivity index (χ0) is 20.1. The van der Waals surface area contributed by atoms with Crippen molar-refractivity contribution in [2.24, 2.45) is 5.92 Å². The smallest absolute Gasteiger partial charge is 0.231 e. The van der Waals surface area contributed by atoms with E-state index in [4.69, 9.17) is 10.5 Å². The summed E-state index contributed by atoms with van der Waals surface area (Å²) in [7, 11) is -0.0820. The van der Waals surface area contributed by atoms with Gasteiger partial charge in [0.15, 0.2) is 0 Å². The first-order chi connectivity index (χ1) is 13.3. The lowest BCUT2D eigenvalue weighted by atomic mass is 10.1. The van der Waals surface area contributed by atoms with Crippen molar-refractivity contribution in [2.75, 3.05) is 30.5 Å². The molecule has 0 bridgehead atoms. The van der Waals surface area contributed by atoms with E-state index in [1.165, 1.54) is 23.4 Å². The Morgan fingerprint density at radius 2 is 1.86 bits per heavy atom. The molecule has 0 unspecified atom stereocenters. The molecule has 148 valence electrons. The molecule has 3 aromatic rings. The summed E-state index contributed by atoms with van der Waals surface area (Å²) in [4.78, 5) is 0. The number of rotatable bonds is 6. The highest BCUT2D eigenvalue weighted by Crippen LogP contribution is 2.41. The van der Waals surface area contributed by atoms with Gasteiger partial charge in [-0.05, 0) is 43.0 Å². The number of methoxy groups -OCH3 is 1. The van der Waals surface area contributed by atoms with Gasteiger partial charge in [0, 0.05) is 30.6 Å². The molecule has 1 aromatic heterocycles. The number of aromatic nitrogens is 1. The molecule has 0 spiro atoms. The zero-order valence-electron chi connectivity index (χ0n) is 16.3. The first kappa shape index (κ1) is 18.7. The van der Waals surface area contributed by atoms with Crippen LogP contribution in [-0.4, -0.2) is 33.4 Å². The lowest BCUT2D eigenvalue weighted by Crippen LogP contribution is -2.24. The summed E-state index contributed by atoms with van der Waals surface area (Å²) in [6.45, 7) is 0.918. The number of hydrogen-bond acceptors (Lipinski definition) is 4. The predicted molar refractivity (Wildman–Crippen MR) is 114 cm³/mol. The molecule has 1 aliphatic carbocycles. The second-order valence-corrected chi connectivity index (χ2v) is 9.49. The van der Waals surface area contributed by atoms with Gasteiger partial charge < -0.3 is 15.0 Å². The van der Waals surface area contributed by atoms with Crippen molar-refractivity contribution in [3.8, 4) is 17.0 Å². The molecule has 2 aromatic carbocycles. The first-order valence-electron chi connectivity index (χ1n) is 9.29. The molecular formula is C21H25N3O3S. The van der Waals surface area contributed by atoms with Gasteiger partial charge in [-0.15, -0.1) is 0 Å². The van der Waals surface area contributed by atoms with Crippen LogP contribution in [0.5, 0.6) is 5.75 Å². The minimum Gasteiger partial charge on any atom is -0.497 e. The zero-order valence-corrected chi connectivity index (χ0v) is 17.2. The van der Waals surface area contributed by atoms with Gasteiger partial charge in [0.25, 0.3) is 0 Å². The second kappa shape index (κ2) is 6.74. The number of nitrogens with zero attached hydrogens (tertiary/aromatic N) is 2. The van der Waals surface area contributed by atoms with Crippen molar-refractivity contribution in [1.29, 1.82) is 0 Å². The van der Waals surface area contributed by atoms with Gasteiger partial charge in [-0.2, -0.15) is 0 Å². The third-order valence-corrected chi connectivity index (χ3v) is 6.66. The molecule has 7 heteroatoms. The van der Waals surface area contributed by atoms with Gasteiger partial charge in [-0.1, -0.05) is 12.1 Å². The number of ether oxygens (including phenoxy) is 1. The molecule has 1 heterocycles. The summed E-state index contributed by atoms with van der Waals surface area (Å²) in [5, 5.41) is 1.01. The van der Waals surface area contributed by atoms with Crippen molar-refractivity contribution in [3.63, 3.8) is 0 Å². The van der Waals surface area contributed by atoms with Crippen LogP contribution < -0.4 is 14.8 Å². The van der Waals surface area contributed by atoms with Crippen molar-refractivity contribution >= 4 is 32.3 Å². The fourth-order valence-electron chi connectivity index (χ4n) is 3.56. The standard InChI is InChI=1S/C21H25N3O3S/c1-23(28(3,25)26)16-8-6-15(7-9-16)21-20(22)18-11-10-17(27-2)12-19(18)24(21)13-14-4-5-14/h6-12,14H,4-5,13,22H2,1-3H3. The van der Waals surface area contributed by atoms with Crippen LogP contribution in [0, 0.1) is 5.92 Å². The maximum absolute atomic E-state index is 11.8. The Morgan fingerprint density at radius 3 is 2.43 bits per heavy atom. The van der Waals surface area contributed by atoms with Crippen LogP contribution in [-0.2, 0) is 16.6 Å². The Morgan fingerprint density at radius 1 is 1.18 bits per heavy atom. The molecule has 6 nitrogen and oxygen atoms in total. The maximum Gasteiger partial charge on any atom is 0.231 e. The van der Waals surface area contributed by atoms with Gasteiger partial charge in [-0.25, -0.2) is 8.42 Å². The van der Waals surface area contributed by atoms with E-state index in [1.807, 2.05) is 42.5 Å². The maximum atomic E-state index is 11.8. The topological polar surface area (TPSA) is 77.6 Å². The number of sulfonamides is 1. The Balaban J connectivity index is 1.84. The molecule has 1 saturated carbocycles. The molecule has 0 atom stereocenters. The predicted octanol–water partition coefficient (Wildman–Crippen LogP) is 3.70. The van der Waals surface area contributed by atoms with Crippen LogP contribution in [0.15, 0.2) is 42.5 Å². The first-order valence-corrected chi connectivity index (χ1v) is 11.1. The average molecular weight is 400 g/mol. The lowest BCUT2D eigenvalue weighted by molar-refractivity contribution is 0.415. The van der Waals surface area contributed by atoms with E-state index >= 15 is 0 Å². The number of nitrogens with two attached hydrogens (primary N) is 1. The summed E-state index contributed by atoms with van der Waals surface area (Å²) >= 11 is 0. The molecule has 0 amide bonds. The van der Waals surface area contributed by atoms with Gasteiger partial charge >= 0.3 is 0 Å². The highest BCUT2D eigenvalue weighted by molar-refractivity contribution is 7.92. The molecule has 4 rings (SSSR count). The van der Waals surface area contributed by atoms with Gasteiger partial charge in [-0.3, -0.25) is 4.31 Å². The molecule has 0 radical (unpaired) electrons. The number of benzene rings is 2. The molecule has 0 aliphatic heterocycles. The Bertz CT molecular complexity index is 1130. The quantitative estimate of drug-likeness (QED) is 0.685. The highest BCUT2D eigenvalue weighted by Gasteiger charge is 2.26. The van der Waals surface area contributed by atoms with Gasteiger partial charge in [0.1, 0.15) is 5.75 Å². The highest BCUT2D eigenvalue weighted by atomic mass is 32.2. The summed E-state index contributed by atoms with van der Waals surface area (Å²) in [6, 6.07) is 13.5. The van der Waals surface area contributed by atoms with Crippen LogP contribution in [0.1, 0.15) is 12.8 Å². The molecule has 28 heavy (non-hydrogen) atoms. The van der Waals surface area contributed by atoms with E-state index in [1.54, 1.807) is 14.2 Å². The van der Waals surface area contributed by atoms with Crippen LogP contribution in [0.2, 0.25) is 0 Å². The van der Waals surface area contributed by atoms with Crippen molar-refractivity contribution in [1.82, 2.24) is 4.57 Å². The molecule has 1 aliphatic rings. The van der Waals surface area contributed by atoms with Crippen LogP contribution >= 0.6 is 0 Å². The second-order valence-electron chi connectivity index (χ2n) is 7.48. The number of nitrogen functional groups attached to an aromatic ring is 1. The van der Waals surface area contributed by atoms with Gasteiger partial charge in [0.2, 0.25) is 10.0 Å². The van der Waals surface area contributed by atoms with E-state index in [2.05, 4.69) is 4.57 Å². The minimum atomic E-state index is -3.30. The third kappa shape index (κ3) is 3.30. The van der Waals surface area contributed by atoms with Crippen LogP contribution in [0.4, 0.5) is 11.4 Å². The minimum absolute atomic E-state index is 0.622. The van der Waals surface area contributed by atoms with Crippen molar-refractivity contribution in [3.05, 3.63) is 42.5 Å². The molecular weight excluding hydrogens is 374 g/mol. The van der Waals surface area contributed by atoms with Crippen LogP contribution in [0.3, 0.4) is 0 Å². The van der Waals surface area contributed by atoms with Crippen LogP contribution in [0.25, 0.3) is 22.2 Å². The van der Waals surface area contributed by atoms with E-state index in [-0.39, 0.29) is 0 Å². The SMILES string of the molecule is COc1ccc2c(N)c(-c3ccc(N(C)S(C)(=O)=O)cc3)n(CC3CC3)c2c1. The van der Waals surface area contributed by atoms with Gasteiger partial charge in [0.05, 0.1) is 36.0 Å². The van der Waals surface area contributed by atoms with E-state index in [0.29, 0.717) is 11.6 Å². The number of anilines is 2. The molecule has 0 saturated heterocycles. The van der Waals surface area contributed by atoms with Crippen molar-refractivity contribution in [2.45, 2.75) is 19.4 Å². The number of fused-ring (bicyclic) bond motifs is 1. The largest absolute Gasteiger partial charge is 0.497 e. The Hall–Kier alpha value is -2.67. The summed E-state index contributed by atoms with van der Waals surface area (Å²) in [5.74, 6) is 1.48.